The predicted octanol–water partition coefficient (Wildman–Crippen LogP) is 2.64. The molecule has 18 heavy (non-hydrogen) atoms. The maximum atomic E-state index is 13.8. The summed E-state index contributed by atoms with van der Waals surface area (Å²) in [6.45, 7) is 4.84. The van der Waals surface area contributed by atoms with Crippen LogP contribution in [-0.2, 0) is 0 Å². The molecular formula is C13H12F2N2O. The van der Waals surface area contributed by atoms with E-state index in [4.69, 9.17) is 0 Å². The number of benzene rings is 1. The monoisotopic (exact) mass is 250 g/mol. The van der Waals surface area contributed by atoms with Crippen molar-refractivity contribution in [2.45, 2.75) is 20.8 Å². The first-order valence-corrected chi connectivity index (χ1v) is 5.44. The number of nitrogens with one attached hydrogen (secondary N) is 1. The Morgan fingerprint density at radius 1 is 1.11 bits per heavy atom. The van der Waals surface area contributed by atoms with Crippen LogP contribution in [0, 0.1) is 32.4 Å². The van der Waals surface area contributed by atoms with E-state index in [1.54, 1.807) is 13.8 Å². The summed E-state index contributed by atoms with van der Waals surface area (Å²) < 4.78 is 27.3. The normalized spacial score (nSPS) is 10.7. The van der Waals surface area contributed by atoms with Crippen LogP contribution in [0.15, 0.2) is 16.9 Å². The van der Waals surface area contributed by atoms with Crippen LogP contribution < -0.4 is 5.56 Å². The van der Waals surface area contributed by atoms with Crippen LogP contribution in [0.3, 0.4) is 0 Å². The van der Waals surface area contributed by atoms with Crippen molar-refractivity contribution in [2.75, 3.05) is 0 Å². The lowest BCUT2D eigenvalue weighted by Gasteiger charge is -2.07. The van der Waals surface area contributed by atoms with Gasteiger partial charge >= 0.3 is 0 Å². The summed E-state index contributed by atoms with van der Waals surface area (Å²) in [5, 5.41) is 0. The number of nitrogens with zero attached hydrogens (tertiary/aromatic N) is 1. The third-order valence-corrected chi connectivity index (χ3v) is 2.87. The Labute approximate surface area is 103 Å². The molecular weight excluding hydrogens is 238 g/mol. The van der Waals surface area contributed by atoms with E-state index in [-0.39, 0.29) is 16.8 Å². The fourth-order valence-corrected chi connectivity index (χ4v) is 1.63. The first-order valence-electron chi connectivity index (χ1n) is 5.44. The van der Waals surface area contributed by atoms with Gasteiger partial charge in [-0.2, -0.15) is 0 Å². The van der Waals surface area contributed by atoms with E-state index in [1.807, 2.05) is 0 Å². The molecule has 0 atom stereocenters. The summed E-state index contributed by atoms with van der Waals surface area (Å²) in [5.74, 6) is -2.00. The minimum absolute atomic E-state index is 0.102. The molecule has 0 aliphatic carbocycles. The third kappa shape index (κ3) is 1.92. The number of H-pyrrole nitrogens is 1. The van der Waals surface area contributed by atoms with Gasteiger partial charge in [-0.3, -0.25) is 4.79 Å². The Kier molecular flexibility index (Phi) is 2.98. The molecule has 5 heteroatoms. The van der Waals surface area contributed by atoms with E-state index >= 15 is 0 Å². The van der Waals surface area contributed by atoms with Gasteiger partial charge < -0.3 is 4.98 Å². The highest BCUT2D eigenvalue weighted by Gasteiger charge is 2.16. The molecule has 0 fully saturated rings. The van der Waals surface area contributed by atoms with Crippen molar-refractivity contribution in [2.24, 2.45) is 0 Å². The van der Waals surface area contributed by atoms with Crippen molar-refractivity contribution >= 4 is 0 Å². The largest absolute Gasteiger partial charge is 0.323 e. The number of aromatic amines is 1. The molecule has 0 aliphatic heterocycles. The van der Waals surface area contributed by atoms with Crippen LogP contribution in [0.5, 0.6) is 0 Å². The highest BCUT2D eigenvalue weighted by Crippen LogP contribution is 2.22. The molecule has 0 aliphatic rings. The number of hydrogen-bond acceptors (Lipinski definition) is 2. The zero-order chi connectivity index (χ0) is 13.4. The molecule has 1 N–H and O–H groups in total. The van der Waals surface area contributed by atoms with Gasteiger partial charge in [-0.1, -0.05) is 6.07 Å². The van der Waals surface area contributed by atoms with Crippen molar-refractivity contribution in [1.82, 2.24) is 9.97 Å². The van der Waals surface area contributed by atoms with Gasteiger partial charge in [-0.15, -0.1) is 0 Å². The number of hydrogen-bond donors (Lipinski definition) is 1. The van der Waals surface area contributed by atoms with Crippen molar-refractivity contribution in [3.05, 3.63) is 51.1 Å². The van der Waals surface area contributed by atoms with Crippen LogP contribution in [0.2, 0.25) is 0 Å². The minimum atomic E-state index is -1.05. The highest BCUT2D eigenvalue weighted by atomic mass is 19.2. The Hall–Kier alpha value is -2.04. The highest BCUT2D eigenvalue weighted by molar-refractivity contribution is 5.60. The molecule has 94 valence electrons. The smallest absolute Gasteiger partial charge is 0.274 e. The molecule has 3 nitrogen and oxygen atoms in total. The molecule has 0 saturated heterocycles. The SMILES string of the molecule is Cc1ccc(-c2nc(C)c(C)[nH]c2=O)c(F)c1F. The minimum Gasteiger partial charge on any atom is -0.323 e. The second-order valence-corrected chi connectivity index (χ2v) is 4.18. The van der Waals surface area contributed by atoms with Crippen LogP contribution in [0.1, 0.15) is 17.0 Å². The van der Waals surface area contributed by atoms with E-state index in [0.717, 1.165) is 0 Å². The lowest BCUT2D eigenvalue weighted by molar-refractivity contribution is 0.505. The zero-order valence-electron chi connectivity index (χ0n) is 10.3. The molecule has 1 heterocycles. The molecule has 0 saturated carbocycles. The second kappa shape index (κ2) is 4.33. The maximum absolute atomic E-state index is 13.8. The van der Waals surface area contributed by atoms with E-state index in [2.05, 4.69) is 9.97 Å². The molecule has 0 spiro atoms. The third-order valence-electron chi connectivity index (χ3n) is 2.87. The summed E-state index contributed by atoms with van der Waals surface area (Å²) in [7, 11) is 0. The molecule has 0 amide bonds. The summed E-state index contributed by atoms with van der Waals surface area (Å²) in [4.78, 5) is 18.3. The van der Waals surface area contributed by atoms with Crippen LogP contribution in [0.4, 0.5) is 8.78 Å². The number of rotatable bonds is 1. The molecule has 1 aromatic heterocycles. The van der Waals surface area contributed by atoms with Crippen LogP contribution >= 0.6 is 0 Å². The van der Waals surface area contributed by atoms with Gasteiger partial charge in [0.25, 0.3) is 5.56 Å². The Bertz CT molecular complexity index is 677. The van der Waals surface area contributed by atoms with E-state index < -0.39 is 17.2 Å². The Morgan fingerprint density at radius 3 is 2.44 bits per heavy atom. The standard InChI is InChI=1S/C13H12F2N2O/c1-6-4-5-9(11(15)10(6)14)12-13(18)17-8(3)7(2)16-12/h4-5H,1-3H3,(H,17,18). The maximum Gasteiger partial charge on any atom is 0.274 e. The summed E-state index contributed by atoms with van der Waals surface area (Å²) in [6, 6.07) is 2.78. The van der Waals surface area contributed by atoms with Gasteiger partial charge in [0.15, 0.2) is 11.6 Å². The van der Waals surface area contributed by atoms with Gasteiger partial charge in [0, 0.05) is 11.3 Å². The average molecular weight is 250 g/mol. The zero-order valence-corrected chi connectivity index (χ0v) is 10.3. The first kappa shape index (κ1) is 12.4. The topological polar surface area (TPSA) is 45.8 Å². The lowest BCUT2D eigenvalue weighted by Crippen LogP contribution is -2.15. The average Bonchev–Trinajstić information content (AvgIpc) is 2.32. The van der Waals surface area contributed by atoms with Crippen molar-refractivity contribution in [3.8, 4) is 11.3 Å². The molecule has 0 radical (unpaired) electrons. The molecule has 2 aromatic rings. The number of aryl methyl sites for hydroxylation is 3. The van der Waals surface area contributed by atoms with Crippen molar-refractivity contribution in [1.29, 1.82) is 0 Å². The Morgan fingerprint density at radius 2 is 1.78 bits per heavy atom. The van der Waals surface area contributed by atoms with Gasteiger partial charge in [0.1, 0.15) is 5.69 Å². The van der Waals surface area contributed by atoms with E-state index in [9.17, 15) is 13.6 Å². The Balaban J connectivity index is 2.74. The lowest BCUT2D eigenvalue weighted by atomic mass is 10.1. The van der Waals surface area contributed by atoms with Gasteiger partial charge in [0.05, 0.1) is 5.69 Å². The molecule has 2 rings (SSSR count). The number of halogens is 2. The van der Waals surface area contributed by atoms with E-state index in [1.165, 1.54) is 19.1 Å². The fourth-order valence-electron chi connectivity index (χ4n) is 1.63. The number of aromatic nitrogens is 2. The first-order chi connectivity index (χ1) is 8.41. The summed E-state index contributed by atoms with van der Waals surface area (Å²) in [5.41, 5.74) is 0.621. The fraction of sp³-hybridized carbons (Fsp3) is 0.231. The van der Waals surface area contributed by atoms with Gasteiger partial charge in [0.2, 0.25) is 0 Å². The molecule has 0 unspecified atom stereocenters. The second-order valence-electron chi connectivity index (χ2n) is 4.18. The molecule has 0 bridgehead atoms. The quantitative estimate of drug-likeness (QED) is 0.845. The van der Waals surface area contributed by atoms with Gasteiger partial charge in [-0.25, -0.2) is 13.8 Å². The van der Waals surface area contributed by atoms with Crippen molar-refractivity contribution in [3.63, 3.8) is 0 Å². The predicted molar refractivity (Wildman–Crippen MR) is 64.4 cm³/mol. The van der Waals surface area contributed by atoms with E-state index in [0.29, 0.717) is 11.4 Å². The van der Waals surface area contributed by atoms with Gasteiger partial charge in [-0.05, 0) is 32.4 Å². The summed E-state index contributed by atoms with van der Waals surface area (Å²) >= 11 is 0. The van der Waals surface area contributed by atoms with Crippen LogP contribution in [0.25, 0.3) is 11.3 Å². The van der Waals surface area contributed by atoms with Crippen LogP contribution in [-0.4, -0.2) is 9.97 Å². The summed E-state index contributed by atoms with van der Waals surface area (Å²) in [6.07, 6.45) is 0. The van der Waals surface area contributed by atoms with Crippen molar-refractivity contribution < 1.29 is 8.78 Å². The molecule has 1 aromatic carbocycles.